The molecule has 5 nitrogen and oxygen atoms in total. The Bertz CT molecular complexity index is 639. The first kappa shape index (κ1) is 14.7. The number of sulfonamides is 1. The van der Waals surface area contributed by atoms with Crippen LogP contribution >= 0.6 is 0 Å². The lowest BCUT2D eigenvalue weighted by atomic mass is 10.2. The molecule has 0 spiro atoms. The first-order valence-corrected chi connectivity index (χ1v) is 7.80. The van der Waals surface area contributed by atoms with Crippen molar-refractivity contribution in [3.63, 3.8) is 0 Å². The quantitative estimate of drug-likeness (QED) is 0.879. The first-order valence-electron chi connectivity index (χ1n) is 6.15. The van der Waals surface area contributed by atoms with E-state index >= 15 is 0 Å². The highest BCUT2D eigenvalue weighted by Crippen LogP contribution is 2.07. The summed E-state index contributed by atoms with van der Waals surface area (Å²) in [5.74, 6) is -0.547. The van der Waals surface area contributed by atoms with Crippen LogP contribution in [0.4, 0.5) is 4.39 Å². The lowest BCUT2D eigenvalue weighted by Gasteiger charge is -2.14. The molecule has 0 unspecified atom stereocenters. The van der Waals surface area contributed by atoms with Gasteiger partial charge in [-0.2, -0.15) is 0 Å². The molecule has 0 amide bonds. The molecule has 1 atom stereocenters. The van der Waals surface area contributed by atoms with Crippen LogP contribution in [0.5, 0.6) is 0 Å². The highest BCUT2D eigenvalue weighted by atomic mass is 32.2. The third-order valence-electron chi connectivity index (χ3n) is 2.69. The fraction of sp³-hybridized carbons (Fsp3) is 0.308. The van der Waals surface area contributed by atoms with E-state index < -0.39 is 10.0 Å². The Kier molecular flexibility index (Phi) is 4.51. The van der Waals surface area contributed by atoms with Gasteiger partial charge < -0.3 is 4.57 Å². The van der Waals surface area contributed by atoms with Gasteiger partial charge in [0.05, 0.1) is 12.1 Å². The molecule has 0 saturated carbocycles. The first-order chi connectivity index (χ1) is 9.44. The fourth-order valence-electron chi connectivity index (χ4n) is 1.90. The predicted octanol–water partition coefficient (Wildman–Crippen LogP) is 1.53. The number of nitrogens with zero attached hydrogens (tertiary/aromatic N) is 2. The highest BCUT2D eigenvalue weighted by molar-refractivity contribution is 7.88. The van der Waals surface area contributed by atoms with Crippen LogP contribution < -0.4 is 4.72 Å². The smallest absolute Gasteiger partial charge is 0.216 e. The standard InChI is InChI=1S/C13H16FN3O2S/c1-11(8-17-7-6-15-10-17)16-20(18,19)9-12-2-4-13(14)5-3-12/h2-7,10-11,16H,8-9H2,1H3/t11-/m0/s1. The van der Waals surface area contributed by atoms with Crippen LogP contribution in [0.1, 0.15) is 12.5 Å². The van der Waals surface area contributed by atoms with Gasteiger partial charge in [0.1, 0.15) is 5.82 Å². The fourth-order valence-corrected chi connectivity index (χ4v) is 3.30. The molecule has 1 heterocycles. The van der Waals surface area contributed by atoms with Crippen LogP contribution in [-0.4, -0.2) is 24.0 Å². The third kappa shape index (κ3) is 4.43. The van der Waals surface area contributed by atoms with Gasteiger partial charge in [0.15, 0.2) is 0 Å². The van der Waals surface area contributed by atoms with E-state index in [0.29, 0.717) is 12.1 Å². The second-order valence-electron chi connectivity index (χ2n) is 4.66. The molecule has 0 aliphatic heterocycles. The minimum atomic E-state index is -3.46. The van der Waals surface area contributed by atoms with Gasteiger partial charge >= 0.3 is 0 Å². The number of imidazole rings is 1. The number of hydrogen-bond donors (Lipinski definition) is 1. The van der Waals surface area contributed by atoms with Crippen LogP contribution in [0.25, 0.3) is 0 Å². The minimum absolute atomic E-state index is 0.165. The van der Waals surface area contributed by atoms with E-state index in [1.54, 1.807) is 30.2 Å². The van der Waals surface area contributed by atoms with E-state index in [9.17, 15) is 12.8 Å². The second-order valence-corrected chi connectivity index (χ2v) is 6.42. The number of hydrogen-bond acceptors (Lipinski definition) is 3. The Labute approximate surface area is 117 Å². The van der Waals surface area contributed by atoms with E-state index in [1.807, 2.05) is 0 Å². The molecule has 7 heteroatoms. The van der Waals surface area contributed by atoms with Crippen molar-refractivity contribution in [2.24, 2.45) is 0 Å². The van der Waals surface area contributed by atoms with Crippen LogP contribution in [-0.2, 0) is 22.3 Å². The number of halogens is 1. The molecule has 0 radical (unpaired) electrons. The van der Waals surface area contributed by atoms with Gasteiger partial charge in [0, 0.05) is 25.0 Å². The summed E-state index contributed by atoms with van der Waals surface area (Å²) in [5, 5.41) is 0. The van der Waals surface area contributed by atoms with Crippen molar-refractivity contribution in [1.29, 1.82) is 0 Å². The summed E-state index contributed by atoms with van der Waals surface area (Å²) in [6.45, 7) is 2.28. The summed E-state index contributed by atoms with van der Waals surface area (Å²) in [6.07, 6.45) is 5.04. The monoisotopic (exact) mass is 297 g/mol. The Morgan fingerprint density at radius 1 is 1.35 bits per heavy atom. The minimum Gasteiger partial charge on any atom is -0.336 e. The Hall–Kier alpha value is -1.73. The van der Waals surface area contributed by atoms with Crippen molar-refractivity contribution in [1.82, 2.24) is 14.3 Å². The van der Waals surface area contributed by atoms with Crippen LogP contribution in [0.3, 0.4) is 0 Å². The molecule has 2 rings (SSSR count). The van der Waals surface area contributed by atoms with Gasteiger partial charge in [0.25, 0.3) is 0 Å². The number of benzene rings is 1. The molecule has 108 valence electrons. The Morgan fingerprint density at radius 3 is 2.65 bits per heavy atom. The van der Waals surface area contributed by atoms with Gasteiger partial charge in [-0.15, -0.1) is 0 Å². The number of nitrogens with one attached hydrogen (secondary N) is 1. The molecule has 1 aromatic heterocycles. The summed E-state index contributed by atoms with van der Waals surface area (Å²) >= 11 is 0. The number of rotatable bonds is 6. The molecule has 2 aromatic rings. The maximum Gasteiger partial charge on any atom is 0.216 e. The maximum atomic E-state index is 12.8. The van der Waals surface area contributed by atoms with Crippen LogP contribution in [0, 0.1) is 5.82 Å². The van der Waals surface area contributed by atoms with Gasteiger partial charge in [-0.3, -0.25) is 0 Å². The van der Waals surface area contributed by atoms with Crippen molar-refractivity contribution >= 4 is 10.0 Å². The Balaban J connectivity index is 1.94. The van der Waals surface area contributed by atoms with Crippen molar-refractivity contribution in [3.8, 4) is 0 Å². The second kappa shape index (κ2) is 6.15. The van der Waals surface area contributed by atoms with Gasteiger partial charge in [-0.25, -0.2) is 22.5 Å². The molecule has 1 N–H and O–H groups in total. The molecule has 0 bridgehead atoms. The van der Waals surface area contributed by atoms with E-state index in [1.165, 1.54) is 24.3 Å². The summed E-state index contributed by atoms with van der Waals surface area (Å²) in [5.41, 5.74) is 0.550. The molecule has 1 aromatic carbocycles. The molecule has 0 fully saturated rings. The summed E-state index contributed by atoms with van der Waals surface area (Å²) in [4.78, 5) is 3.90. The van der Waals surface area contributed by atoms with Crippen LogP contribution in [0.2, 0.25) is 0 Å². The molecule has 20 heavy (non-hydrogen) atoms. The molecule has 0 aliphatic rings. The average molecular weight is 297 g/mol. The molecule has 0 aliphatic carbocycles. The van der Waals surface area contributed by atoms with Gasteiger partial charge in [-0.05, 0) is 24.6 Å². The van der Waals surface area contributed by atoms with E-state index in [2.05, 4.69) is 9.71 Å². The van der Waals surface area contributed by atoms with Crippen LogP contribution in [0.15, 0.2) is 43.0 Å². The summed E-state index contributed by atoms with van der Waals surface area (Å²) in [6, 6.07) is 5.18. The van der Waals surface area contributed by atoms with E-state index in [4.69, 9.17) is 0 Å². The zero-order valence-electron chi connectivity index (χ0n) is 11.0. The lowest BCUT2D eigenvalue weighted by molar-refractivity contribution is 0.520. The average Bonchev–Trinajstić information content (AvgIpc) is 2.83. The Morgan fingerprint density at radius 2 is 2.05 bits per heavy atom. The lowest BCUT2D eigenvalue weighted by Crippen LogP contribution is -2.36. The predicted molar refractivity (Wildman–Crippen MR) is 73.8 cm³/mol. The van der Waals surface area contributed by atoms with Gasteiger partial charge in [0.2, 0.25) is 10.0 Å². The van der Waals surface area contributed by atoms with Crippen molar-refractivity contribution in [2.45, 2.75) is 25.3 Å². The zero-order chi connectivity index (χ0) is 14.6. The highest BCUT2D eigenvalue weighted by Gasteiger charge is 2.15. The molecule has 0 saturated heterocycles. The summed E-state index contributed by atoms with van der Waals surface area (Å²) < 4.78 is 41.1. The largest absolute Gasteiger partial charge is 0.336 e. The van der Waals surface area contributed by atoms with Crippen molar-refractivity contribution in [2.75, 3.05) is 0 Å². The number of aromatic nitrogens is 2. The topological polar surface area (TPSA) is 64.0 Å². The van der Waals surface area contributed by atoms with Crippen molar-refractivity contribution in [3.05, 3.63) is 54.4 Å². The normalized spacial score (nSPS) is 13.3. The SMILES string of the molecule is C[C@@H](Cn1ccnc1)NS(=O)(=O)Cc1ccc(F)cc1. The van der Waals surface area contributed by atoms with E-state index in [0.717, 1.165) is 0 Å². The molecular formula is C13H16FN3O2S. The van der Waals surface area contributed by atoms with Crippen molar-refractivity contribution < 1.29 is 12.8 Å². The zero-order valence-corrected chi connectivity index (χ0v) is 11.8. The maximum absolute atomic E-state index is 12.8. The molecular weight excluding hydrogens is 281 g/mol. The van der Waals surface area contributed by atoms with Gasteiger partial charge in [-0.1, -0.05) is 12.1 Å². The summed E-state index contributed by atoms with van der Waals surface area (Å²) in [7, 11) is -3.46. The van der Waals surface area contributed by atoms with E-state index in [-0.39, 0.29) is 17.6 Å². The third-order valence-corrected chi connectivity index (χ3v) is 4.17.